The maximum atomic E-state index is 6.23. The van der Waals surface area contributed by atoms with Crippen LogP contribution in [0.15, 0.2) is 52.9 Å². The number of thiazole rings is 1. The molecule has 26 heavy (non-hydrogen) atoms. The second-order valence-corrected chi connectivity index (χ2v) is 8.18. The van der Waals surface area contributed by atoms with Crippen LogP contribution >= 0.6 is 46.5 Å². The van der Waals surface area contributed by atoms with Gasteiger partial charge in [-0.3, -0.25) is 0 Å². The van der Waals surface area contributed by atoms with Crippen molar-refractivity contribution in [1.29, 1.82) is 0 Å². The summed E-state index contributed by atoms with van der Waals surface area (Å²) in [6, 6.07) is 11.3. The molecular weight excluding hydrogens is 411 g/mol. The lowest BCUT2D eigenvalue weighted by Crippen LogP contribution is -2.18. The third kappa shape index (κ3) is 4.04. The van der Waals surface area contributed by atoms with E-state index in [1.807, 2.05) is 23.6 Å². The van der Waals surface area contributed by atoms with Crippen LogP contribution in [0, 0.1) is 0 Å². The van der Waals surface area contributed by atoms with Gasteiger partial charge in [0.1, 0.15) is 17.6 Å². The molecule has 4 nitrogen and oxygen atoms in total. The number of nitrogens with zero attached hydrogens (tertiary/aromatic N) is 1. The third-order valence-corrected chi connectivity index (χ3v) is 5.95. The van der Waals surface area contributed by atoms with Gasteiger partial charge in [-0.25, -0.2) is 4.98 Å². The van der Waals surface area contributed by atoms with Crippen molar-refractivity contribution < 1.29 is 9.47 Å². The van der Waals surface area contributed by atoms with Crippen molar-refractivity contribution in [2.75, 3.05) is 11.3 Å². The Labute approximate surface area is 169 Å². The standard InChI is InChI=1S/C18H14Cl2N2O2S2/c19-11-1-4-16(14(20)9-11)24-15-5-7-23-17-10-12(2-3-13(15)17)26-22-18-21-6-8-25-18/h1-4,6,8-10,15H,5,7H2,(H,21,22). The van der Waals surface area contributed by atoms with Gasteiger partial charge in [0.25, 0.3) is 0 Å². The molecule has 134 valence electrons. The van der Waals surface area contributed by atoms with Crippen LogP contribution in [0.3, 0.4) is 0 Å². The van der Waals surface area contributed by atoms with E-state index >= 15 is 0 Å². The van der Waals surface area contributed by atoms with E-state index in [-0.39, 0.29) is 6.10 Å². The predicted octanol–water partition coefficient (Wildman–Crippen LogP) is 6.47. The molecule has 2 heterocycles. The average Bonchev–Trinajstić information content (AvgIpc) is 3.16. The number of halogens is 2. The second-order valence-electron chi connectivity index (χ2n) is 5.56. The molecule has 3 aromatic rings. The van der Waals surface area contributed by atoms with Gasteiger partial charge in [0, 0.05) is 33.5 Å². The minimum absolute atomic E-state index is 0.108. The molecule has 0 amide bonds. The number of ether oxygens (including phenoxy) is 2. The van der Waals surface area contributed by atoms with Crippen LogP contribution in [0.4, 0.5) is 5.13 Å². The van der Waals surface area contributed by atoms with Gasteiger partial charge >= 0.3 is 0 Å². The van der Waals surface area contributed by atoms with E-state index in [1.165, 1.54) is 11.9 Å². The number of hydrogen-bond acceptors (Lipinski definition) is 6. The molecule has 4 rings (SSSR count). The molecule has 0 saturated carbocycles. The van der Waals surface area contributed by atoms with Crippen molar-refractivity contribution in [3.05, 3.63) is 63.6 Å². The highest BCUT2D eigenvalue weighted by Crippen LogP contribution is 2.39. The Morgan fingerprint density at radius 1 is 1.23 bits per heavy atom. The normalized spacial score (nSPS) is 15.8. The first kappa shape index (κ1) is 17.8. The van der Waals surface area contributed by atoms with Crippen LogP contribution in [0.25, 0.3) is 0 Å². The van der Waals surface area contributed by atoms with Gasteiger partial charge in [-0.1, -0.05) is 29.3 Å². The number of benzene rings is 2. The summed E-state index contributed by atoms with van der Waals surface area (Å²) < 4.78 is 15.2. The number of anilines is 1. The summed E-state index contributed by atoms with van der Waals surface area (Å²) >= 11 is 15.2. The van der Waals surface area contributed by atoms with E-state index in [0.717, 1.165) is 27.8 Å². The molecule has 0 radical (unpaired) electrons. The molecule has 0 spiro atoms. The zero-order chi connectivity index (χ0) is 17.9. The average molecular weight is 425 g/mol. The van der Waals surface area contributed by atoms with Crippen LogP contribution in [-0.4, -0.2) is 11.6 Å². The van der Waals surface area contributed by atoms with Gasteiger partial charge in [-0.05, 0) is 42.3 Å². The van der Waals surface area contributed by atoms with Crippen molar-refractivity contribution in [1.82, 2.24) is 4.98 Å². The first-order valence-electron chi connectivity index (χ1n) is 7.90. The summed E-state index contributed by atoms with van der Waals surface area (Å²) in [4.78, 5) is 5.25. The largest absolute Gasteiger partial charge is 0.493 e. The summed E-state index contributed by atoms with van der Waals surface area (Å²) in [5.74, 6) is 1.45. The van der Waals surface area contributed by atoms with E-state index in [4.69, 9.17) is 32.7 Å². The van der Waals surface area contributed by atoms with E-state index in [1.54, 1.807) is 35.7 Å². The number of rotatable bonds is 5. The molecule has 1 unspecified atom stereocenters. The van der Waals surface area contributed by atoms with Crippen LogP contribution in [0.1, 0.15) is 18.1 Å². The highest BCUT2D eigenvalue weighted by atomic mass is 35.5. The SMILES string of the molecule is Clc1ccc(OC2CCOc3cc(SNc4nccs4)ccc32)c(Cl)c1. The smallest absolute Gasteiger partial charge is 0.192 e. The fraction of sp³-hybridized carbons (Fsp3) is 0.167. The number of fused-ring (bicyclic) bond motifs is 1. The number of hydrogen-bond donors (Lipinski definition) is 1. The molecule has 0 fully saturated rings. The highest BCUT2D eigenvalue weighted by molar-refractivity contribution is 8.00. The summed E-state index contributed by atoms with van der Waals surface area (Å²) in [6.07, 6.45) is 2.42. The molecule has 0 aliphatic carbocycles. The van der Waals surface area contributed by atoms with Crippen LogP contribution in [0.2, 0.25) is 10.0 Å². The molecule has 1 aliphatic rings. The lowest BCUT2D eigenvalue weighted by molar-refractivity contribution is 0.136. The van der Waals surface area contributed by atoms with Crippen LogP contribution in [-0.2, 0) is 0 Å². The van der Waals surface area contributed by atoms with Gasteiger partial charge in [0.05, 0.1) is 11.6 Å². The van der Waals surface area contributed by atoms with Crippen LogP contribution in [0.5, 0.6) is 11.5 Å². The molecule has 0 bridgehead atoms. The third-order valence-electron chi connectivity index (χ3n) is 3.82. The minimum atomic E-state index is -0.108. The van der Waals surface area contributed by atoms with Crippen molar-refractivity contribution in [3.63, 3.8) is 0 Å². The first-order chi connectivity index (χ1) is 12.7. The van der Waals surface area contributed by atoms with Gasteiger partial charge in [-0.15, -0.1) is 11.3 Å². The minimum Gasteiger partial charge on any atom is -0.493 e. The zero-order valence-corrected chi connectivity index (χ0v) is 16.6. The van der Waals surface area contributed by atoms with Crippen molar-refractivity contribution in [2.24, 2.45) is 0 Å². The van der Waals surface area contributed by atoms with Crippen molar-refractivity contribution >= 4 is 51.6 Å². The van der Waals surface area contributed by atoms with Gasteiger partial charge in [0.2, 0.25) is 0 Å². The topological polar surface area (TPSA) is 43.4 Å². The van der Waals surface area contributed by atoms with Gasteiger partial charge in [0.15, 0.2) is 5.13 Å². The maximum Gasteiger partial charge on any atom is 0.192 e. The summed E-state index contributed by atoms with van der Waals surface area (Å²) in [5.41, 5.74) is 1.01. The fourth-order valence-electron chi connectivity index (χ4n) is 2.62. The molecular formula is C18H14Cl2N2O2S2. The predicted molar refractivity (Wildman–Crippen MR) is 108 cm³/mol. The Kier molecular flexibility index (Phi) is 5.45. The summed E-state index contributed by atoms with van der Waals surface area (Å²) in [5, 5.41) is 3.89. The molecule has 1 N–H and O–H groups in total. The first-order valence-corrected chi connectivity index (χ1v) is 10.3. The zero-order valence-electron chi connectivity index (χ0n) is 13.4. The van der Waals surface area contributed by atoms with E-state index in [0.29, 0.717) is 22.4 Å². The molecule has 1 atom stereocenters. The second kappa shape index (κ2) is 7.96. The Balaban J connectivity index is 1.50. The molecule has 0 saturated heterocycles. The molecule has 8 heteroatoms. The Bertz CT molecular complexity index is 906. The lowest BCUT2D eigenvalue weighted by atomic mass is 10.0. The molecule has 1 aliphatic heterocycles. The Hall–Kier alpha value is -1.60. The quantitative estimate of drug-likeness (QED) is 0.475. The van der Waals surface area contributed by atoms with Crippen molar-refractivity contribution in [3.8, 4) is 11.5 Å². The molecule has 1 aromatic heterocycles. The van der Waals surface area contributed by atoms with E-state index in [2.05, 4.69) is 9.71 Å². The van der Waals surface area contributed by atoms with Gasteiger partial charge in [-0.2, -0.15) is 0 Å². The monoisotopic (exact) mass is 424 g/mol. The van der Waals surface area contributed by atoms with E-state index < -0.39 is 0 Å². The summed E-state index contributed by atoms with van der Waals surface area (Å²) in [7, 11) is 0. The van der Waals surface area contributed by atoms with E-state index in [9.17, 15) is 0 Å². The Morgan fingerprint density at radius 3 is 2.96 bits per heavy atom. The van der Waals surface area contributed by atoms with Crippen LogP contribution < -0.4 is 14.2 Å². The summed E-state index contributed by atoms with van der Waals surface area (Å²) in [6.45, 7) is 0.594. The lowest BCUT2D eigenvalue weighted by Gasteiger charge is -2.27. The Morgan fingerprint density at radius 2 is 2.15 bits per heavy atom. The fourth-order valence-corrected chi connectivity index (χ4v) is 4.33. The number of nitrogens with one attached hydrogen (secondary N) is 1. The molecule has 2 aromatic carbocycles. The highest BCUT2D eigenvalue weighted by Gasteiger charge is 2.24. The van der Waals surface area contributed by atoms with Crippen molar-refractivity contribution in [2.45, 2.75) is 17.4 Å². The number of aromatic nitrogens is 1. The van der Waals surface area contributed by atoms with Gasteiger partial charge < -0.3 is 14.2 Å². The maximum absolute atomic E-state index is 6.23.